The molecule has 0 aliphatic carbocycles. The summed E-state index contributed by atoms with van der Waals surface area (Å²) in [7, 11) is -3.66. The topological polar surface area (TPSA) is 129 Å². The Morgan fingerprint density at radius 3 is 2.28 bits per heavy atom. The van der Waals surface area contributed by atoms with Crippen LogP contribution in [0.3, 0.4) is 0 Å². The number of aromatic amines is 1. The SMILES string of the molecule is C/C(=N\Nc1nnc(C)c(=O)[nH]1)c1ccc(NS(=O)(=O)c2ccc(C)cc2)cc1. The predicted molar refractivity (Wildman–Crippen MR) is 112 cm³/mol. The van der Waals surface area contributed by atoms with Crippen molar-refractivity contribution >= 4 is 27.4 Å². The highest BCUT2D eigenvalue weighted by molar-refractivity contribution is 7.92. The Morgan fingerprint density at radius 1 is 1.00 bits per heavy atom. The highest BCUT2D eigenvalue weighted by Gasteiger charge is 2.13. The summed E-state index contributed by atoms with van der Waals surface area (Å²) in [5.41, 5.74) is 5.35. The van der Waals surface area contributed by atoms with Gasteiger partial charge in [-0.25, -0.2) is 13.8 Å². The van der Waals surface area contributed by atoms with E-state index in [1.165, 1.54) is 0 Å². The minimum Gasteiger partial charge on any atom is -0.288 e. The molecule has 0 saturated carbocycles. The molecular formula is C19H20N6O3S. The van der Waals surface area contributed by atoms with Crippen molar-refractivity contribution in [1.29, 1.82) is 0 Å². The van der Waals surface area contributed by atoms with Crippen LogP contribution < -0.4 is 15.7 Å². The molecule has 0 bridgehead atoms. The predicted octanol–water partition coefficient (Wildman–Crippen LogP) is 2.42. The van der Waals surface area contributed by atoms with Crippen LogP contribution in [-0.4, -0.2) is 29.3 Å². The molecule has 9 nitrogen and oxygen atoms in total. The summed E-state index contributed by atoms with van der Waals surface area (Å²) >= 11 is 0. The van der Waals surface area contributed by atoms with Crippen molar-refractivity contribution in [2.45, 2.75) is 25.7 Å². The number of aryl methyl sites for hydroxylation is 2. The van der Waals surface area contributed by atoms with Crippen LogP contribution in [0.15, 0.2) is 63.3 Å². The molecule has 150 valence electrons. The molecule has 0 aliphatic rings. The van der Waals surface area contributed by atoms with Crippen LogP contribution >= 0.6 is 0 Å². The number of nitrogens with one attached hydrogen (secondary N) is 3. The van der Waals surface area contributed by atoms with Gasteiger partial charge in [-0.2, -0.15) is 5.10 Å². The van der Waals surface area contributed by atoms with Crippen molar-refractivity contribution in [1.82, 2.24) is 15.2 Å². The molecule has 3 aromatic rings. The fourth-order valence-electron chi connectivity index (χ4n) is 2.36. The molecule has 2 aromatic carbocycles. The fraction of sp³-hybridized carbons (Fsp3) is 0.158. The second kappa shape index (κ2) is 8.23. The largest absolute Gasteiger partial charge is 0.288 e. The van der Waals surface area contributed by atoms with Crippen LogP contribution in [0, 0.1) is 13.8 Å². The lowest BCUT2D eigenvalue weighted by atomic mass is 10.1. The van der Waals surface area contributed by atoms with E-state index in [2.05, 4.69) is 30.4 Å². The Balaban J connectivity index is 1.71. The van der Waals surface area contributed by atoms with Gasteiger partial charge in [0.05, 0.1) is 10.6 Å². The van der Waals surface area contributed by atoms with Crippen LogP contribution in [0.1, 0.15) is 23.7 Å². The van der Waals surface area contributed by atoms with Gasteiger partial charge in [0.15, 0.2) is 0 Å². The number of rotatable bonds is 6. The maximum atomic E-state index is 12.5. The molecule has 0 fully saturated rings. The molecule has 0 saturated heterocycles. The lowest BCUT2D eigenvalue weighted by molar-refractivity contribution is 0.601. The van der Waals surface area contributed by atoms with Crippen molar-refractivity contribution in [3.63, 3.8) is 0 Å². The number of H-pyrrole nitrogens is 1. The van der Waals surface area contributed by atoms with Crippen LogP contribution in [0.2, 0.25) is 0 Å². The summed E-state index contributed by atoms with van der Waals surface area (Å²) in [6.07, 6.45) is 0. The van der Waals surface area contributed by atoms with Gasteiger partial charge in [-0.3, -0.25) is 14.5 Å². The van der Waals surface area contributed by atoms with Crippen molar-refractivity contribution < 1.29 is 8.42 Å². The van der Waals surface area contributed by atoms with E-state index in [4.69, 9.17) is 0 Å². The first-order valence-corrected chi connectivity index (χ1v) is 10.2. The zero-order valence-corrected chi connectivity index (χ0v) is 16.9. The Bertz CT molecular complexity index is 1200. The molecule has 0 unspecified atom stereocenters. The van der Waals surface area contributed by atoms with E-state index >= 15 is 0 Å². The first-order chi connectivity index (χ1) is 13.7. The van der Waals surface area contributed by atoms with Crippen LogP contribution in [0.25, 0.3) is 0 Å². The van der Waals surface area contributed by atoms with Crippen LogP contribution in [0.4, 0.5) is 11.6 Å². The van der Waals surface area contributed by atoms with Gasteiger partial charge in [-0.1, -0.05) is 29.8 Å². The monoisotopic (exact) mass is 412 g/mol. The highest BCUT2D eigenvalue weighted by Crippen LogP contribution is 2.17. The maximum Gasteiger partial charge on any atom is 0.274 e. The average molecular weight is 412 g/mol. The van der Waals surface area contributed by atoms with E-state index in [9.17, 15) is 13.2 Å². The van der Waals surface area contributed by atoms with E-state index < -0.39 is 10.0 Å². The molecule has 29 heavy (non-hydrogen) atoms. The number of sulfonamides is 1. The molecule has 0 radical (unpaired) electrons. The fourth-order valence-corrected chi connectivity index (χ4v) is 3.41. The van der Waals surface area contributed by atoms with Gasteiger partial charge in [0.2, 0.25) is 5.95 Å². The quantitative estimate of drug-likeness (QED) is 0.421. The van der Waals surface area contributed by atoms with E-state index in [0.29, 0.717) is 11.4 Å². The lowest BCUT2D eigenvalue weighted by Crippen LogP contribution is -2.16. The van der Waals surface area contributed by atoms with Gasteiger partial charge in [-0.15, -0.1) is 10.2 Å². The first kappa shape index (κ1) is 20.2. The second-order valence-electron chi connectivity index (χ2n) is 6.39. The molecule has 0 aliphatic heterocycles. The lowest BCUT2D eigenvalue weighted by Gasteiger charge is -2.09. The Kier molecular flexibility index (Phi) is 5.74. The van der Waals surface area contributed by atoms with Crippen molar-refractivity contribution in [2.24, 2.45) is 5.10 Å². The highest BCUT2D eigenvalue weighted by atomic mass is 32.2. The van der Waals surface area contributed by atoms with Crippen LogP contribution in [0.5, 0.6) is 0 Å². The average Bonchev–Trinajstić information content (AvgIpc) is 2.69. The molecule has 1 heterocycles. The zero-order chi connectivity index (χ0) is 21.0. The Morgan fingerprint density at radius 2 is 1.66 bits per heavy atom. The number of benzene rings is 2. The van der Waals surface area contributed by atoms with Gasteiger partial charge >= 0.3 is 0 Å². The van der Waals surface area contributed by atoms with Gasteiger partial charge in [0.25, 0.3) is 15.6 Å². The van der Waals surface area contributed by atoms with Gasteiger partial charge in [-0.05, 0) is 50.6 Å². The molecule has 3 rings (SSSR count). The van der Waals surface area contributed by atoms with E-state index in [-0.39, 0.29) is 22.1 Å². The van der Waals surface area contributed by atoms with E-state index in [0.717, 1.165) is 11.1 Å². The smallest absolute Gasteiger partial charge is 0.274 e. The van der Waals surface area contributed by atoms with Gasteiger partial charge in [0, 0.05) is 5.69 Å². The summed E-state index contributed by atoms with van der Waals surface area (Å²) in [6, 6.07) is 13.4. The third kappa shape index (κ3) is 5.05. The third-order valence-corrected chi connectivity index (χ3v) is 5.47. The molecule has 0 atom stereocenters. The molecule has 0 spiro atoms. The maximum absolute atomic E-state index is 12.5. The molecule has 10 heteroatoms. The van der Waals surface area contributed by atoms with Crippen molar-refractivity contribution in [3.8, 4) is 0 Å². The first-order valence-electron chi connectivity index (χ1n) is 8.68. The number of hydrogen-bond acceptors (Lipinski definition) is 7. The number of nitrogens with zero attached hydrogens (tertiary/aromatic N) is 3. The molecule has 0 amide bonds. The van der Waals surface area contributed by atoms with Gasteiger partial charge in [0.1, 0.15) is 5.69 Å². The molecular weight excluding hydrogens is 392 g/mol. The van der Waals surface area contributed by atoms with E-state index in [1.807, 2.05) is 6.92 Å². The second-order valence-corrected chi connectivity index (χ2v) is 8.08. The Labute approximate surface area is 168 Å². The zero-order valence-electron chi connectivity index (χ0n) is 16.1. The number of aromatic nitrogens is 3. The van der Waals surface area contributed by atoms with Crippen molar-refractivity contribution in [2.75, 3.05) is 10.1 Å². The summed E-state index contributed by atoms with van der Waals surface area (Å²) in [5, 5.41) is 11.7. The summed E-state index contributed by atoms with van der Waals surface area (Å²) in [4.78, 5) is 14.2. The van der Waals surface area contributed by atoms with Crippen LogP contribution in [-0.2, 0) is 10.0 Å². The summed E-state index contributed by atoms with van der Waals surface area (Å²) in [5.74, 6) is 0.127. The number of hydrazone groups is 1. The van der Waals surface area contributed by atoms with Gasteiger partial charge < -0.3 is 0 Å². The minimum atomic E-state index is -3.66. The van der Waals surface area contributed by atoms with Crippen molar-refractivity contribution in [3.05, 3.63) is 75.7 Å². The Hall–Kier alpha value is -3.53. The summed E-state index contributed by atoms with van der Waals surface area (Å²) < 4.78 is 27.5. The summed E-state index contributed by atoms with van der Waals surface area (Å²) in [6.45, 7) is 5.21. The number of hydrogen-bond donors (Lipinski definition) is 3. The normalized spacial score (nSPS) is 11.9. The van der Waals surface area contributed by atoms with E-state index in [1.54, 1.807) is 62.4 Å². The third-order valence-electron chi connectivity index (χ3n) is 4.08. The molecule has 3 N–H and O–H groups in total. The minimum absolute atomic E-state index is 0.127. The standard InChI is InChI=1S/C19H20N6O3S/c1-12-4-10-17(11-5-12)29(27,28)25-16-8-6-15(7-9-16)13(2)21-23-19-20-18(26)14(3)22-24-19/h4-11,25H,1-3H3,(H2,20,23,24,26)/b21-13+. The molecule has 1 aromatic heterocycles. The number of anilines is 2.